The van der Waals surface area contributed by atoms with Crippen LogP contribution in [0, 0.1) is 0 Å². The van der Waals surface area contributed by atoms with Crippen LogP contribution in [0.1, 0.15) is 49.2 Å². The van der Waals surface area contributed by atoms with Crippen molar-refractivity contribution in [2.75, 3.05) is 41.0 Å². The van der Waals surface area contributed by atoms with Crippen molar-refractivity contribution in [3.63, 3.8) is 0 Å². The van der Waals surface area contributed by atoms with E-state index >= 15 is 0 Å². The van der Waals surface area contributed by atoms with Crippen LogP contribution >= 0.6 is 0 Å². The first kappa shape index (κ1) is 23.5. The van der Waals surface area contributed by atoms with Gasteiger partial charge >= 0.3 is 0 Å². The Kier molecular flexibility index (Phi) is 6.81. The minimum absolute atomic E-state index is 0.0575. The molecule has 0 N–H and O–H groups in total. The summed E-state index contributed by atoms with van der Waals surface area (Å²) in [6.07, 6.45) is 4.21. The lowest BCUT2D eigenvalue weighted by Crippen LogP contribution is -2.40. The summed E-state index contributed by atoms with van der Waals surface area (Å²) in [5.74, 6) is 2.78. The first-order valence-electron chi connectivity index (χ1n) is 12.3. The number of ether oxygens (including phenoxy) is 4. The molecule has 1 atom stereocenters. The molecule has 3 heterocycles. The summed E-state index contributed by atoms with van der Waals surface area (Å²) >= 11 is 0. The summed E-state index contributed by atoms with van der Waals surface area (Å²) in [6, 6.07) is 12.3. The number of methoxy groups -OCH3 is 3. The fourth-order valence-corrected chi connectivity index (χ4v) is 5.35. The Balaban J connectivity index is 1.30. The molecular weight excluding hydrogens is 446 g/mol. The molecule has 0 radical (unpaired) electrons. The second-order valence-corrected chi connectivity index (χ2v) is 9.15. The zero-order valence-electron chi connectivity index (χ0n) is 20.7. The Morgan fingerprint density at radius 3 is 2.37 bits per heavy atom. The highest BCUT2D eigenvalue weighted by molar-refractivity contribution is 5.79. The summed E-state index contributed by atoms with van der Waals surface area (Å²) < 4.78 is 24.7. The predicted molar refractivity (Wildman–Crippen MR) is 132 cm³/mol. The number of nitrogens with zero attached hydrogens (tertiary/aromatic N) is 3. The Morgan fingerprint density at radius 1 is 1.03 bits per heavy atom. The number of fused-ring (bicyclic) bond motifs is 1. The van der Waals surface area contributed by atoms with E-state index in [9.17, 15) is 4.79 Å². The molecular formula is C27H33N3O5. The minimum atomic E-state index is 0.0575. The number of benzene rings is 2. The van der Waals surface area contributed by atoms with Crippen molar-refractivity contribution >= 4 is 16.9 Å². The Bertz CT molecular complexity index is 1170. The minimum Gasteiger partial charge on any atom is -0.493 e. The van der Waals surface area contributed by atoms with Gasteiger partial charge in [0.1, 0.15) is 11.9 Å². The summed E-state index contributed by atoms with van der Waals surface area (Å²) in [7, 11) is 4.74. The van der Waals surface area contributed by atoms with Crippen LogP contribution in [-0.4, -0.2) is 61.4 Å². The van der Waals surface area contributed by atoms with Gasteiger partial charge in [0.15, 0.2) is 11.5 Å². The van der Waals surface area contributed by atoms with Crippen molar-refractivity contribution in [3.8, 4) is 17.2 Å². The molecule has 1 aromatic heterocycles. The molecule has 2 saturated heterocycles. The fraction of sp³-hybridized carbons (Fsp3) is 0.481. The molecule has 0 spiro atoms. The van der Waals surface area contributed by atoms with E-state index in [2.05, 4.69) is 22.8 Å². The number of para-hydroxylation sites is 2. The van der Waals surface area contributed by atoms with E-state index in [0.717, 1.165) is 54.7 Å². The lowest BCUT2D eigenvalue weighted by Gasteiger charge is -2.34. The topological polar surface area (TPSA) is 75.1 Å². The lowest BCUT2D eigenvalue weighted by molar-refractivity contribution is -0.131. The largest absolute Gasteiger partial charge is 0.493 e. The lowest BCUT2D eigenvalue weighted by atomic mass is 10.0. The highest BCUT2D eigenvalue weighted by atomic mass is 16.5. The van der Waals surface area contributed by atoms with Crippen molar-refractivity contribution in [1.29, 1.82) is 0 Å². The number of hydrogen-bond donors (Lipinski definition) is 0. The number of rotatable bonds is 7. The van der Waals surface area contributed by atoms with Crippen LogP contribution in [-0.2, 0) is 16.0 Å². The van der Waals surface area contributed by atoms with Gasteiger partial charge < -0.3 is 28.4 Å². The maximum absolute atomic E-state index is 13.2. The van der Waals surface area contributed by atoms with Gasteiger partial charge in [-0.2, -0.15) is 0 Å². The van der Waals surface area contributed by atoms with Crippen molar-refractivity contribution in [2.24, 2.45) is 0 Å². The van der Waals surface area contributed by atoms with Crippen LogP contribution in [0.15, 0.2) is 36.4 Å². The molecule has 2 aromatic carbocycles. The molecule has 186 valence electrons. The van der Waals surface area contributed by atoms with Gasteiger partial charge in [-0.1, -0.05) is 12.1 Å². The molecule has 5 rings (SSSR count). The third-order valence-electron chi connectivity index (χ3n) is 7.10. The molecule has 2 aliphatic rings. The van der Waals surface area contributed by atoms with E-state index in [4.69, 9.17) is 23.9 Å². The van der Waals surface area contributed by atoms with Crippen LogP contribution in [0.4, 0.5) is 0 Å². The van der Waals surface area contributed by atoms with Crippen molar-refractivity contribution in [1.82, 2.24) is 14.5 Å². The van der Waals surface area contributed by atoms with Gasteiger partial charge in [0.05, 0.1) is 38.8 Å². The SMILES string of the molecule is COc1cc(CC(=O)N2CCC(n3c([C@H]4CCCO4)nc4ccccc43)CC2)cc(OC)c1OC. The molecule has 2 fully saturated rings. The van der Waals surface area contributed by atoms with Crippen molar-refractivity contribution < 1.29 is 23.7 Å². The van der Waals surface area contributed by atoms with E-state index in [-0.39, 0.29) is 18.4 Å². The van der Waals surface area contributed by atoms with Gasteiger partial charge in [-0.05, 0) is 55.5 Å². The second-order valence-electron chi connectivity index (χ2n) is 9.15. The zero-order chi connectivity index (χ0) is 24.4. The fourth-order valence-electron chi connectivity index (χ4n) is 5.35. The van der Waals surface area contributed by atoms with Gasteiger partial charge in [0.25, 0.3) is 0 Å². The molecule has 0 aliphatic carbocycles. The standard InChI is InChI=1S/C27H33N3O5/c1-32-23-15-18(16-24(33-2)26(23)34-3)17-25(31)29-12-10-19(11-13-29)30-21-8-5-4-7-20(21)28-27(30)22-9-6-14-35-22/h4-5,7-8,15-16,19,22H,6,9-14,17H2,1-3H3/t22-/m1/s1. The summed E-state index contributed by atoms with van der Waals surface area (Å²) in [6.45, 7) is 2.22. The number of hydrogen-bond acceptors (Lipinski definition) is 6. The average molecular weight is 480 g/mol. The molecule has 3 aromatic rings. The average Bonchev–Trinajstić information content (AvgIpc) is 3.56. The summed E-state index contributed by atoms with van der Waals surface area (Å²) in [5, 5.41) is 0. The first-order chi connectivity index (χ1) is 17.1. The van der Waals surface area contributed by atoms with Gasteiger partial charge in [-0.3, -0.25) is 4.79 Å². The van der Waals surface area contributed by atoms with Crippen molar-refractivity contribution in [2.45, 2.75) is 44.2 Å². The van der Waals surface area contributed by atoms with E-state index in [1.54, 1.807) is 21.3 Å². The zero-order valence-corrected chi connectivity index (χ0v) is 20.7. The van der Waals surface area contributed by atoms with Crippen LogP contribution in [0.3, 0.4) is 0 Å². The number of aromatic nitrogens is 2. The number of carbonyl (C=O) groups excluding carboxylic acids is 1. The maximum Gasteiger partial charge on any atom is 0.226 e. The molecule has 1 amide bonds. The third kappa shape index (κ3) is 4.55. The number of amides is 1. The third-order valence-corrected chi connectivity index (χ3v) is 7.10. The first-order valence-corrected chi connectivity index (χ1v) is 12.3. The number of imidazole rings is 1. The van der Waals surface area contributed by atoms with Gasteiger partial charge in [0.2, 0.25) is 11.7 Å². The monoisotopic (exact) mass is 479 g/mol. The highest BCUT2D eigenvalue weighted by Gasteiger charge is 2.31. The molecule has 0 unspecified atom stereocenters. The van der Waals surface area contributed by atoms with Gasteiger partial charge in [0, 0.05) is 25.7 Å². The van der Waals surface area contributed by atoms with Gasteiger partial charge in [-0.25, -0.2) is 4.98 Å². The molecule has 0 saturated carbocycles. The molecule has 8 heteroatoms. The van der Waals surface area contributed by atoms with Crippen molar-refractivity contribution in [3.05, 3.63) is 47.8 Å². The molecule has 8 nitrogen and oxygen atoms in total. The van der Waals surface area contributed by atoms with E-state index in [0.29, 0.717) is 36.4 Å². The van der Waals surface area contributed by atoms with Crippen LogP contribution < -0.4 is 14.2 Å². The smallest absolute Gasteiger partial charge is 0.226 e. The summed E-state index contributed by atoms with van der Waals surface area (Å²) in [4.78, 5) is 20.1. The Labute approximate surface area is 205 Å². The summed E-state index contributed by atoms with van der Waals surface area (Å²) in [5.41, 5.74) is 3.01. The molecule has 0 bridgehead atoms. The van der Waals surface area contributed by atoms with Crippen LogP contribution in [0.5, 0.6) is 17.2 Å². The molecule has 2 aliphatic heterocycles. The Hall–Kier alpha value is -3.26. The van der Waals surface area contributed by atoms with E-state index in [1.165, 1.54) is 0 Å². The quantitative estimate of drug-likeness (QED) is 0.503. The normalized spacial score (nSPS) is 18.7. The number of piperidine rings is 1. The predicted octanol–water partition coefficient (Wildman–Crippen LogP) is 4.32. The number of carbonyl (C=O) groups is 1. The van der Waals surface area contributed by atoms with Crippen LogP contribution in [0.2, 0.25) is 0 Å². The Morgan fingerprint density at radius 2 is 1.74 bits per heavy atom. The van der Waals surface area contributed by atoms with Gasteiger partial charge in [-0.15, -0.1) is 0 Å². The second kappa shape index (κ2) is 10.2. The van der Waals surface area contributed by atoms with E-state index in [1.807, 2.05) is 23.1 Å². The molecule has 35 heavy (non-hydrogen) atoms. The maximum atomic E-state index is 13.2. The van der Waals surface area contributed by atoms with Crippen LogP contribution in [0.25, 0.3) is 11.0 Å². The van der Waals surface area contributed by atoms with E-state index < -0.39 is 0 Å². The number of likely N-dealkylation sites (tertiary alicyclic amines) is 1. The highest BCUT2D eigenvalue weighted by Crippen LogP contribution is 2.39.